The average molecular weight is 493 g/mol. The molecule has 8 heteroatoms. The molecule has 3 rings (SSSR count). The third-order valence-corrected chi connectivity index (χ3v) is 6.08. The molecule has 1 heterocycles. The van der Waals surface area contributed by atoms with E-state index in [1.165, 1.54) is 13.2 Å². The second-order valence-corrected chi connectivity index (χ2v) is 9.07. The zero-order chi connectivity index (χ0) is 26.2. The van der Waals surface area contributed by atoms with Gasteiger partial charge in [-0.25, -0.2) is 4.98 Å². The van der Waals surface area contributed by atoms with Crippen LogP contribution in [0.5, 0.6) is 11.5 Å². The monoisotopic (exact) mass is 492 g/mol. The second-order valence-electron chi connectivity index (χ2n) is 9.07. The van der Waals surface area contributed by atoms with Gasteiger partial charge in [0.2, 0.25) is 0 Å². The maximum Gasteiger partial charge on any atom is 0.254 e. The lowest BCUT2D eigenvalue weighted by Crippen LogP contribution is -2.42. The van der Waals surface area contributed by atoms with E-state index in [-0.39, 0.29) is 17.4 Å². The highest BCUT2D eigenvalue weighted by molar-refractivity contribution is 5.95. The molecule has 1 aromatic heterocycles. The number of rotatable bonds is 11. The molecule has 1 amide bonds. The summed E-state index contributed by atoms with van der Waals surface area (Å²) < 4.78 is 12.4. The SMILES string of the molecule is COc1ccc(C(=O)N(CCCN)C(c2nc(C)cc(=O)n2Cc2ccccc2)C(C)C)cc1OC. The van der Waals surface area contributed by atoms with Gasteiger partial charge in [0.15, 0.2) is 11.5 Å². The zero-order valence-corrected chi connectivity index (χ0v) is 21.7. The Morgan fingerprint density at radius 3 is 2.36 bits per heavy atom. The summed E-state index contributed by atoms with van der Waals surface area (Å²) in [6, 6.07) is 16.0. The minimum atomic E-state index is -0.451. The summed E-state index contributed by atoms with van der Waals surface area (Å²) >= 11 is 0. The average Bonchev–Trinajstić information content (AvgIpc) is 2.87. The van der Waals surface area contributed by atoms with E-state index in [4.69, 9.17) is 20.2 Å². The van der Waals surface area contributed by atoms with Crippen LogP contribution < -0.4 is 20.8 Å². The summed E-state index contributed by atoms with van der Waals surface area (Å²) in [6.07, 6.45) is 0.608. The molecule has 0 aliphatic heterocycles. The number of nitrogens with two attached hydrogens (primary N) is 1. The molecular weight excluding hydrogens is 456 g/mol. The van der Waals surface area contributed by atoms with Gasteiger partial charge in [-0.15, -0.1) is 0 Å². The first-order chi connectivity index (χ1) is 17.3. The molecule has 2 aromatic carbocycles. The summed E-state index contributed by atoms with van der Waals surface area (Å²) in [6.45, 7) is 7.07. The van der Waals surface area contributed by atoms with E-state index in [1.54, 1.807) is 41.7 Å². The van der Waals surface area contributed by atoms with Crippen molar-refractivity contribution < 1.29 is 14.3 Å². The van der Waals surface area contributed by atoms with Crippen molar-refractivity contribution in [3.05, 3.63) is 87.6 Å². The van der Waals surface area contributed by atoms with Crippen LogP contribution in [0, 0.1) is 12.8 Å². The van der Waals surface area contributed by atoms with Gasteiger partial charge in [0, 0.05) is 23.9 Å². The van der Waals surface area contributed by atoms with Crippen molar-refractivity contribution in [3.8, 4) is 11.5 Å². The number of carbonyl (C=O) groups excluding carboxylic acids is 1. The quantitative estimate of drug-likeness (QED) is 0.437. The first-order valence-electron chi connectivity index (χ1n) is 12.2. The van der Waals surface area contributed by atoms with Crippen LogP contribution in [-0.4, -0.2) is 47.7 Å². The largest absolute Gasteiger partial charge is 0.493 e. The number of methoxy groups -OCH3 is 2. The molecule has 3 aromatic rings. The Balaban J connectivity index is 2.14. The zero-order valence-electron chi connectivity index (χ0n) is 21.7. The van der Waals surface area contributed by atoms with Crippen molar-refractivity contribution in [1.82, 2.24) is 14.5 Å². The first-order valence-corrected chi connectivity index (χ1v) is 12.2. The van der Waals surface area contributed by atoms with Gasteiger partial charge in [0.1, 0.15) is 5.82 Å². The fourth-order valence-corrected chi connectivity index (χ4v) is 4.35. The second kappa shape index (κ2) is 12.4. The van der Waals surface area contributed by atoms with Gasteiger partial charge in [0.05, 0.1) is 26.8 Å². The molecular formula is C28H36N4O4. The molecule has 8 nitrogen and oxygen atoms in total. The van der Waals surface area contributed by atoms with Crippen molar-refractivity contribution in [3.63, 3.8) is 0 Å². The van der Waals surface area contributed by atoms with E-state index < -0.39 is 6.04 Å². The molecule has 1 atom stereocenters. The number of ether oxygens (including phenoxy) is 2. The highest BCUT2D eigenvalue weighted by atomic mass is 16.5. The maximum absolute atomic E-state index is 14.0. The normalized spacial score (nSPS) is 11.9. The molecule has 0 aliphatic carbocycles. The van der Waals surface area contributed by atoms with E-state index in [0.717, 1.165) is 5.56 Å². The van der Waals surface area contributed by atoms with Gasteiger partial charge in [0.25, 0.3) is 11.5 Å². The summed E-state index contributed by atoms with van der Waals surface area (Å²) in [5.74, 6) is 1.36. The van der Waals surface area contributed by atoms with Crippen molar-refractivity contribution in [2.45, 2.75) is 39.8 Å². The Morgan fingerprint density at radius 1 is 1.06 bits per heavy atom. The molecule has 192 valence electrons. The lowest BCUT2D eigenvalue weighted by molar-refractivity contribution is 0.0601. The molecule has 1 unspecified atom stereocenters. The van der Waals surface area contributed by atoms with E-state index in [2.05, 4.69) is 0 Å². The Morgan fingerprint density at radius 2 is 1.75 bits per heavy atom. The van der Waals surface area contributed by atoms with E-state index in [0.29, 0.717) is 54.6 Å². The smallest absolute Gasteiger partial charge is 0.254 e. The topological polar surface area (TPSA) is 99.7 Å². The number of amides is 1. The van der Waals surface area contributed by atoms with Gasteiger partial charge >= 0.3 is 0 Å². The van der Waals surface area contributed by atoms with Gasteiger partial charge in [-0.3, -0.25) is 14.2 Å². The third kappa shape index (κ3) is 6.12. The van der Waals surface area contributed by atoms with E-state index in [9.17, 15) is 9.59 Å². The Labute approximate surface area is 212 Å². The van der Waals surface area contributed by atoms with Crippen LogP contribution in [0.1, 0.15) is 53.7 Å². The summed E-state index contributed by atoms with van der Waals surface area (Å²) in [5, 5.41) is 0. The molecule has 0 radical (unpaired) electrons. The highest BCUT2D eigenvalue weighted by Crippen LogP contribution is 2.32. The molecule has 0 saturated heterocycles. The Hall–Kier alpha value is -3.65. The number of hydrogen-bond donors (Lipinski definition) is 1. The third-order valence-electron chi connectivity index (χ3n) is 6.08. The number of benzene rings is 2. The van der Waals surface area contributed by atoms with Gasteiger partial charge in [-0.2, -0.15) is 0 Å². The van der Waals surface area contributed by atoms with Crippen molar-refractivity contribution >= 4 is 5.91 Å². The van der Waals surface area contributed by atoms with Crippen LogP contribution in [0.4, 0.5) is 0 Å². The molecule has 0 saturated carbocycles. The van der Waals surface area contributed by atoms with Gasteiger partial charge in [-0.1, -0.05) is 44.2 Å². The highest BCUT2D eigenvalue weighted by Gasteiger charge is 2.32. The van der Waals surface area contributed by atoms with E-state index >= 15 is 0 Å². The lowest BCUT2D eigenvalue weighted by Gasteiger charge is -2.35. The first kappa shape index (κ1) is 26.9. The molecule has 0 bridgehead atoms. The molecule has 0 spiro atoms. The minimum absolute atomic E-state index is 0.0254. The Bertz CT molecular complexity index is 1220. The fraction of sp³-hybridized carbons (Fsp3) is 0.393. The Kier molecular flexibility index (Phi) is 9.25. The number of carbonyl (C=O) groups is 1. The summed E-state index contributed by atoms with van der Waals surface area (Å²) in [4.78, 5) is 33.7. The predicted octanol–water partition coefficient (Wildman–Crippen LogP) is 3.81. The standard InChI is InChI=1S/C28H36N4O4/c1-19(2)26(27-30-20(3)16-25(33)32(27)18-21-10-7-6-8-11-21)31(15-9-14-29)28(34)22-12-13-23(35-4)24(17-22)36-5/h6-8,10-13,16-17,19,26H,9,14-15,18,29H2,1-5H3. The van der Waals surface area contributed by atoms with Crippen LogP contribution in [0.2, 0.25) is 0 Å². The minimum Gasteiger partial charge on any atom is -0.493 e. The fourth-order valence-electron chi connectivity index (χ4n) is 4.35. The number of nitrogens with zero attached hydrogens (tertiary/aromatic N) is 3. The van der Waals surface area contributed by atoms with Crippen LogP contribution >= 0.6 is 0 Å². The van der Waals surface area contributed by atoms with Crippen LogP contribution in [0.15, 0.2) is 59.4 Å². The number of aryl methyl sites for hydroxylation is 1. The summed E-state index contributed by atoms with van der Waals surface area (Å²) in [5.41, 5.74) is 7.75. The molecule has 2 N–H and O–H groups in total. The lowest BCUT2D eigenvalue weighted by atomic mass is 9.99. The van der Waals surface area contributed by atoms with Crippen molar-refractivity contribution in [1.29, 1.82) is 0 Å². The van der Waals surface area contributed by atoms with Crippen molar-refractivity contribution in [2.75, 3.05) is 27.3 Å². The van der Waals surface area contributed by atoms with Crippen LogP contribution in [0.25, 0.3) is 0 Å². The van der Waals surface area contributed by atoms with Crippen LogP contribution in [0.3, 0.4) is 0 Å². The number of hydrogen-bond acceptors (Lipinski definition) is 6. The molecule has 0 fully saturated rings. The predicted molar refractivity (Wildman–Crippen MR) is 141 cm³/mol. The van der Waals surface area contributed by atoms with Crippen LogP contribution in [-0.2, 0) is 6.54 Å². The van der Waals surface area contributed by atoms with Gasteiger partial charge < -0.3 is 20.1 Å². The molecule has 36 heavy (non-hydrogen) atoms. The number of aromatic nitrogens is 2. The maximum atomic E-state index is 14.0. The summed E-state index contributed by atoms with van der Waals surface area (Å²) in [7, 11) is 3.09. The van der Waals surface area contributed by atoms with E-state index in [1.807, 2.05) is 44.2 Å². The molecule has 0 aliphatic rings. The van der Waals surface area contributed by atoms with Crippen molar-refractivity contribution in [2.24, 2.45) is 11.7 Å². The van der Waals surface area contributed by atoms with Gasteiger partial charge in [-0.05, 0) is 49.6 Å².